The van der Waals surface area contributed by atoms with Crippen LogP contribution >= 0.6 is 0 Å². The number of benzene rings is 1. The number of anilines is 1. The van der Waals surface area contributed by atoms with E-state index in [-0.39, 0.29) is 12.1 Å². The van der Waals surface area contributed by atoms with Gasteiger partial charge in [0.15, 0.2) is 11.5 Å². The maximum absolute atomic E-state index is 9.45. The molecule has 1 unspecified atom stereocenters. The highest BCUT2D eigenvalue weighted by molar-refractivity contribution is 5.59. The van der Waals surface area contributed by atoms with Crippen LogP contribution in [-0.4, -0.2) is 30.6 Å². The molecule has 0 spiro atoms. The van der Waals surface area contributed by atoms with Gasteiger partial charge in [-0.25, -0.2) is 0 Å². The summed E-state index contributed by atoms with van der Waals surface area (Å²) in [5.74, 6) is 1.95. The molecule has 2 aliphatic rings. The highest BCUT2D eigenvalue weighted by Gasteiger charge is 2.41. The van der Waals surface area contributed by atoms with Crippen molar-refractivity contribution in [2.45, 2.75) is 25.8 Å². The second-order valence-corrected chi connectivity index (χ2v) is 5.51. The molecule has 3 rings (SSSR count). The number of aliphatic hydroxyl groups is 1. The molecule has 0 amide bonds. The van der Waals surface area contributed by atoms with Crippen LogP contribution in [0.3, 0.4) is 0 Å². The van der Waals surface area contributed by atoms with Gasteiger partial charge in [0.25, 0.3) is 0 Å². The van der Waals surface area contributed by atoms with Crippen LogP contribution in [-0.2, 0) is 0 Å². The zero-order chi connectivity index (χ0) is 12.8. The zero-order valence-corrected chi connectivity index (χ0v) is 10.8. The molecule has 1 aromatic rings. The van der Waals surface area contributed by atoms with Crippen molar-refractivity contribution < 1.29 is 14.6 Å². The van der Waals surface area contributed by atoms with Gasteiger partial charge in [0.05, 0.1) is 0 Å². The second-order valence-electron chi connectivity index (χ2n) is 5.51. The first-order valence-electron chi connectivity index (χ1n) is 6.41. The lowest BCUT2D eigenvalue weighted by molar-refractivity contribution is 0.174. The monoisotopic (exact) mass is 249 g/mol. The molecule has 98 valence electrons. The number of ether oxygens (including phenoxy) is 2. The number of nitrogens with zero attached hydrogens (tertiary/aromatic N) is 1. The Bertz CT molecular complexity index is 458. The van der Waals surface area contributed by atoms with Crippen molar-refractivity contribution in [1.29, 1.82) is 0 Å². The molecule has 4 nitrogen and oxygen atoms in total. The van der Waals surface area contributed by atoms with E-state index in [9.17, 15) is 5.11 Å². The molecule has 1 aromatic carbocycles. The van der Waals surface area contributed by atoms with Crippen molar-refractivity contribution in [2.24, 2.45) is 5.92 Å². The van der Waals surface area contributed by atoms with Gasteiger partial charge in [0.2, 0.25) is 6.79 Å². The van der Waals surface area contributed by atoms with E-state index in [0.717, 1.165) is 30.2 Å². The van der Waals surface area contributed by atoms with E-state index < -0.39 is 0 Å². The highest BCUT2D eigenvalue weighted by Crippen LogP contribution is 2.42. The number of aliphatic hydroxyl groups excluding tert-OH is 1. The molecule has 0 saturated carbocycles. The minimum Gasteiger partial charge on any atom is -0.454 e. The summed E-state index contributed by atoms with van der Waals surface area (Å²) >= 11 is 0. The lowest BCUT2D eigenvalue weighted by atomic mass is 9.89. The van der Waals surface area contributed by atoms with Crippen LogP contribution in [0.1, 0.15) is 20.3 Å². The van der Waals surface area contributed by atoms with Crippen LogP contribution in [0.15, 0.2) is 18.2 Å². The van der Waals surface area contributed by atoms with Gasteiger partial charge in [-0.15, -0.1) is 0 Å². The Morgan fingerprint density at radius 1 is 1.33 bits per heavy atom. The van der Waals surface area contributed by atoms with E-state index in [2.05, 4.69) is 24.8 Å². The summed E-state index contributed by atoms with van der Waals surface area (Å²) in [6.45, 7) is 5.89. The first-order chi connectivity index (χ1) is 8.63. The van der Waals surface area contributed by atoms with Crippen LogP contribution in [0.25, 0.3) is 0 Å². The Morgan fingerprint density at radius 2 is 2.11 bits per heavy atom. The Labute approximate surface area is 107 Å². The summed E-state index contributed by atoms with van der Waals surface area (Å²) < 4.78 is 10.8. The maximum atomic E-state index is 9.45. The van der Waals surface area contributed by atoms with Crippen LogP contribution < -0.4 is 14.4 Å². The highest BCUT2D eigenvalue weighted by atomic mass is 16.7. The summed E-state index contributed by atoms with van der Waals surface area (Å²) in [6, 6.07) is 6.05. The number of hydrogen-bond acceptors (Lipinski definition) is 4. The van der Waals surface area contributed by atoms with Crippen molar-refractivity contribution >= 4 is 5.69 Å². The molecule has 0 radical (unpaired) electrons. The van der Waals surface area contributed by atoms with Crippen LogP contribution in [0.2, 0.25) is 0 Å². The number of hydrogen-bond donors (Lipinski definition) is 1. The predicted molar refractivity (Wildman–Crippen MR) is 69.2 cm³/mol. The minimum atomic E-state index is -0.0253. The standard InChI is InChI=1S/C14H19NO3/c1-14(2)10(8-16)5-6-15(14)11-3-4-12-13(7-11)18-9-17-12/h3-4,7,10,16H,5-6,8-9H2,1-2H3. The Balaban J connectivity index is 1.91. The van der Waals surface area contributed by atoms with Gasteiger partial charge in [0.1, 0.15) is 0 Å². The summed E-state index contributed by atoms with van der Waals surface area (Å²) in [5.41, 5.74) is 1.11. The van der Waals surface area contributed by atoms with Gasteiger partial charge >= 0.3 is 0 Å². The van der Waals surface area contributed by atoms with Crippen molar-refractivity contribution in [3.8, 4) is 11.5 Å². The van der Waals surface area contributed by atoms with Gasteiger partial charge < -0.3 is 19.5 Å². The smallest absolute Gasteiger partial charge is 0.231 e. The van der Waals surface area contributed by atoms with Crippen LogP contribution in [0, 0.1) is 5.92 Å². The summed E-state index contributed by atoms with van der Waals surface area (Å²) in [6.07, 6.45) is 1.03. The van der Waals surface area contributed by atoms with E-state index in [4.69, 9.17) is 9.47 Å². The molecule has 18 heavy (non-hydrogen) atoms. The lowest BCUT2D eigenvalue weighted by Crippen LogP contribution is -2.43. The average Bonchev–Trinajstić information content (AvgIpc) is 2.91. The van der Waals surface area contributed by atoms with Crippen LogP contribution in [0.5, 0.6) is 11.5 Å². The van der Waals surface area contributed by atoms with Crippen molar-refractivity contribution in [3.05, 3.63) is 18.2 Å². The third kappa shape index (κ3) is 1.63. The molecule has 0 aromatic heterocycles. The molecule has 1 saturated heterocycles. The van der Waals surface area contributed by atoms with E-state index in [1.54, 1.807) is 0 Å². The molecule has 1 N–H and O–H groups in total. The largest absolute Gasteiger partial charge is 0.454 e. The summed E-state index contributed by atoms with van der Waals surface area (Å²) in [4.78, 5) is 2.34. The fourth-order valence-electron chi connectivity index (χ4n) is 2.98. The molecule has 0 bridgehead atoms. The SMILES string of the molecule is CC1(C)C(CO)CCN1c1ccc2c(c1)OCO2. The fraction of sp³-hybridized carbons (Fsp3) is 0.571. The van der Waals surface area contributed by atoms with Gasteiger partial charge in [-0.2, -0.15) is 0 Å². The van der Waals surface area contributed by atoms with Crippen molar-refractivity contribution in [1.82, 2.24) is 0 Å². The van der Waals surface area contributed by atoms with Gasteiger partial charge in [-0.05, 0) is 32.4 Å². The van der Waals surface area contributed by atoms with E-state index in [0.29, 0.717) is 12.7 Å². The quantitative estimate of drug-likeness (QED) is 0.870. The first kappa shape index (κ1) is 11.7. The molecular formula is C14H19NO3. The van der Waals surface area contributed by atoms with Gasteiger partial charge in [-0.3, -0.25) is 0 Å². The minimum absolute atomic E-state index is 0.0253. The second kappa shape index (κ2) is 4.05. The maximum Gasteiger partial charge on any atom is 0.231 e. The summed E-state index contributed by atoms with van der Waals surface area (Å²) in [5, 5.41) is 9.45. The predicted octanol–water partition coefficient (Wildman–Crippen LogP) is 2.01. The van der Waals surface area contributed by atoms with Gasteiger partial charge in [-0.1, -0.05) is 0 Å². The Kier molecular flexibility index (Phi) is 2.63. The molecule has 1 atom stereocenters. The van der Waals surface area contributed by atoms with Crippen molar-refractivity contribution in [2.75, 3.05) is 24.8 Å². The van der Waals surface area contributed by atoms with E-state index >= 15 is 0 Å². The van der Waals surface area contributed by atoms with Crippen molar-refractivity contribution in [3.63, 3.8) is 0 Å². The number of rotatable bonds is 2. The molecule has 0 aliphatic carbocycles. The fourth-order valence-corrected chi connectivity index (χ4v) is 2.98. The van der Waals surface area contributed by atoms with E-state index in [1.165, 1.54) is 0 Å². The topological polar surface area (TPSA) is 41.9 Å². The Hall–Kier alpha value is -1.42. The first-order valence-corrected chi connectivity index (χ1v) is 6.41. The molecule has 4 heteroatoms. The van der Waals surface area contributed by atoms with Gasteiger partial charge in [0, 0.05) is 36.4 Å². The molecule has 2 aliphatic heterocycles. The molecule has 2 heterocycles. The molecule has 1 fully saturated rings. The third-order valence-electron chi connectivity index (χ3n) is 4.28. The number of fused-ring (bicyclic) bond motifs is 1. The zero-order valence-electron chi connectivity index (χ0n) is 10.8. The van der Waals surface area contributed by atoms with Crippen LogP contribution in [0.4, 0.5) is 5.69 Å². The third-order valence-corrected chi connectivity index (χ3v) is 4.28. The summed E-state index contributed by atoms with van der Waals surface area (Å²) in [7, 11) is 0. The normalized spacial score (nSPS) is 24.6. The lowest BCUT2D eigenvalue weighted by Gasteiger charge is -2.37. The Morgan fingerprint density at radius 3 is 2.83 bits per heavy atom. The van der Waals surface area contributed by atoms with E-state index in [1.807, 2.05) is 12.1 Å². The molecular weight excluding hydrogens is 230 g/mol. The average molecular weight is 249 g/mol.